The van der Waals surface area contributed by atoms with E-state index in [9.17, 15) is 4.79 Å². The molecule has 0 aromatic carbocycles. The van der Waals surface area contributed by atoms with Crippen LogP contribution in [0, 0.1) is 13.8 Å². The SMILES string of the molecule is Cc1sc(=O)n(Cc2cnc(Cl)cc2Cl)c1C. The zero-order chi connectivity index (χ0) is 12.6. The third-order valence-electron chi connectivity index (χ3n) is 2.60. The van der Waals surface area contributed by atoms with Gasteiger partial charge in [0.05, 0.1) is 11.6 Å². The molecule has 3 nitrogen and oxygen atoms in total. The fraction of sp³-hybridized carbons (Fsp3) is 0.273. The molecule has 0 spiro atoms. The second-order valence-corrected chi connectivity index (χ2v) is 5.65. The van der Waals surface area contributed by atoms with Crippen molar-refractivity contribution in [2.24, 2.45) is 0 Å². The summed E-state index contributed by atoms with van der Waals surface area (Å²) >= 11 is 13.0. The topological polar surface area (TPSA) is 34.9 Å². The summed E-state index contributed by atoms with van der Waals surface area (Å²) in [4.78, 5) is 16.7. The minimum atomic E-state index is 0.0195. The molecule has 6 heteroatoms. The Hall–Kier alpha value is -0.840. The van der Waals surface area contributed by atoms with E-state index < -0.39 is 0 Å². The van der Waals surface area contributed by atoms with Crippen molar-refractivity contribution in [2.75, 3.05) is 0 Å². The van der Waals surface area contributed by atoms with E-state index in [1.165, 1.54) is 11.3 Å². The maximum absolute atomic E-state index is 11.7. The lowest BCUT2D eigenvalue weighted by Gasteiger charge is -2.06. The van der Waals surface area contributed by atoms with Gasteiger partial charge in [0.25, 0.3) is 0 Å². The van der Waals surface area contributed by atoms with Crippen LogP contribution in [0.15, 0.2) is 17.1 Å². The van der Waals surface area contributed by atoms with E-state index in [-0.39, 0.29) is 4.87 Å². The van der Waals surface area contributed by atoms with E-state index in [0.29, 0.717) is 16.7 Å². The van der Waals surface area contributed by atoms with Crippen LogP contribution in [0.25, 0.3) is 0 Å². The van der Waals surface area contributed by atoms with Crippen LogP contribution in [0.4, 0.5) is 0 Å². The predicted molar refractivity (Wildman–Crippen MR) is 71.4 cm³/mol. The molecule has 90 valence electrons. The number of hydrogen-bond acceptors (Lipinski definition) is 3. The van der Waals surface area contributed by atoms with E-state index in [4.69, 9.17) is 23.2 Å². The van der Waals surface area contributed by atoms with E-state index in [1.807, 2.05) is 13.8 Å². The smallest absolute Gasteiger partial charge is 0.299 e. The maximum Gasteiger partial charge on any atom is 0.307 e. The number of nitrogens with zero attached hydrogens (tertiary/aromatic N) is 2. The average Bonchev–Trinajstić information content (AvgIpc) is 2.48. The van der Waals surface area contributed by atoms with Crippen LogP contribution in [0.2, 0.25) is 10.2 Å². The van der Waals surface area contributed by atoms with Crippen molar-refractivity contribution < 1.29 is 0 Å². The summed E-state index contributed by atoms with van der Waals surface area (Å²) in [6.07, 6.45) is 1.60. The molecule has 0 fully saturated rings. The highest BCUT2D eigenvalue weighted by Gasteiger charge is 2.10. The lowest BCUT2D eigenvalue weighted by Crippen LogP contribution is -2.15. The number of thiazole rings is 1. The van der Waals surface area contributed by atoms with Crippen LogP contribution in [-0.2, 0) is 6.54 Å². The number of pyridine rings is 1. The molecule has 2 aromatic rings. The number of aryl methyl sites for hydroxylation is 1. The Morgan fingerprint density at radius 1 is 1.41 bits per heavy atom. The van der Waals surface area contributed by atoms with Gasteiger partial charge < -0.3 is 0 Å². The van der Waals surface area contributed by atoms with Crippen molar-refractivity contribution in [3.8, 4) is 0 Å². The Kier molecular flexibility index (Phi) is 3.56. The van der Waals surface area contributed by atoms with Crippen molar-refractivity contribution in [3.05, 3.63) is 48.2 Å². The van der Waals surface area contributed by atoms with Gasteiger partial charge in [0.15, 0.2) is 0 Å². The quantitative estimate of drug-likeness (QED) is 0.795. The lowest BCUT2D eigenvalue weighted by atomic mass is 10.2. The van der Waals surface area contributed by atoms with Crippen molar-refractivity contribution in [3.63, 3.8) is 0 Å². The Morgan fingerprint density at radius 2 is 2.12 bits per heavy atom. The second kappa shape index (κ2) is 4.80. The number of hydrogen-bond donors (Lipinski definition) is 0. The van der Waals surface area contributed by atoms with Gasteiger partial charge in [0, 0.05) is 22.3 Å². The zero-order valence-electron chi connectivity index (χ0n) is 9.33. The number of rotatable bonds is 2. The Balaban J connectivity index is 2.41. The molecule has 0 aliphatic heterocycles. The highest BCUT2D eigenvalue weighted by Crippen LogP contribution is 2.20. The number of halogens is 2. The molecule has 0 saturated carbocycles. The van der Waals surface area contributed by atoms with Gasteiger partial charge in [-0.15, -0.1) is 0 Å². The van der Waals surface area contributed by atoms with Gasteiger partial charge in [-0.1, -0.05) is 34.5 Å². The van der Waals surface area contributed by atoms with E-state index in [1.54, 1.807) is 16.8 Å². The molecule has 2 heterocycles. The van der Waals surface area contributed by atoms with Crippen LogP contribution in [0.1, 0.15) is 16.1 Å². The van der Waals surface area contributed by atoms with Crippen molar-refractivity contribution in [1.29, 1.82) is 0 Å². The summed E-state index contributed by atoms with van der Waals surface area (Å²) in [6.45, 7) is 4.28. The van der Waals surface area contributed by atoms with Gasteiger partial charge >= 0.3 is 4.87 Å². The highest BCUT2D eigenvalue weighted by molar-refractivity contribution is 7.09. The highest BCUT2D eigenvalue weighted by atomic mass is 35.5. The van der Waals surface area contributed by atoms with Gasteiger partial charge in [0.2, 0.25) is 0 Å². The first-order chi connectivity index (χ1) is 7.99. The summed E-state index contributed by atoms with van der Waals surface area (Å²) in [6, 6.07) is 1.58. The van der Waals surface area contributed by atoms with Crippen molar-refractivity contribution in [1.82, 2.24) is 9.55 Å². The molecule has 0 atom stereocenters. The third-order valence-corrected chi connectivity index (χ3v) is 4.16. The molecule has 0 aliphatic rings. The van der Waals surface area contributed by atoms with Crippen LogP contribution < -0.4 is 4.87 Å². The van der Waals surface area contributed by atoms with Crippen molar-refractivity contribution >= 4 is 34.5 Å². The zero-order valence-corrected chi connectivity index (χ0v) is 11.7. The molecule has 0 amide bonds. The minimum Gasteiger partial charge on any atom is -0.299 e. The molecule has 0 saturated heterocycles. The lowest BCUT2D eigenvalue weighted by molar-refractivity contribution is 0.749. The van der Waals surface area contributed by atoms with Gasteiger partial charge in [-0.05, 0) is 19.9 Å². The van der Waals surface area contributed by atoms with Crippen LogP contribution >= 0.6 is 34.5 Å². The van der Waals surface area contributed by atoms with Gasteiger partial charge in [-0.2, -0.15) is 0 Å². The first kappa shape index (κ1) is 12.6. The largest absolute Gasteiger partial charge is 0.307 e. The fourth-order valence-electron chi connectivity index (χ4n) is 1.49. The van der Waals surface area contributed by atoms with Gasteiger partial charge in [-0.25, -0.2) is 4.98 Å². The molecule has 2 aromatic heterocycles. The third kappa shape index (κ3) is 2.54. The fourth-order valence-corrected chi connectivity index (χ4v) is 2.75. The molecule has 2 rings (SSSR count). The molecule has 0 unspecified atom stereocenters. The summed E-state index contributed by atoms with van der Waals surface area (Å²) in [5, 5.41) is 0.879. The molecule has 0 aliphatic carbocycles. The predicted octanol–water partition coefficient (Wildman–Crippen LogP) is 3.28. The molecular formula is C11H10Cl2N2OS. The van der Waals surface area contributed by atoms with Gasteiger partial charge in [-0.3, -0.25) is 9.36 Å². The minimum absolute atomic E-state index is 0.0195. The van der Waals surface area contributed by atoms with Crippen LogP contribution in [0.5, 0.6) is 0 Å². The normalized spacial score (nSPS) is 10.8. The summed E-state index contributed by atoms with van der Waals surface area (Å²) in [7, 11) is 0. The van der Waals surface area contributed by atoms with Crippen molar-refractivity contribution in [2.45, 2.75) is 20.4 Å². The summed E-state index contributed by atoms with van der Waals surface area (Å²) in [5.41, 5.74) is 1.75. The van der Waals surface area contributed by atoms with Crippen LogP contribution in [-0.4, -0.2) is 9.55 Å². The summed E-state index contributed by atoms with van der Waals surface area (Å²) < 4.78 is 1.69. The van der Waals surface area contributed by atoms with Gasteiger partial charge in [0.1, 0.15) is 5.15 Å². The van der Waals surface area contributed by atoms with Crippen LogP contribution in [0.3, 0.4) is 0 Å². The Labute approximate surface area is 113 Å². The maximum atomic E-state index is 11.7. The number of aromatic nitrogens is 2. The Morgan fingerprint density at radius 3 is 2.65 bits per heavy atom. The first-order valence-electron chi connectivity index (χ1n) is 4.96. The molecular weight excluding hydrogens is 279 g/mol. The molecule has 0 radical (unpaired) electrons. The summed E-state index contributed by atoms with van der Waals surface area (Å²) in [5.74, 6) is 0. The molecule has 0 bridgehead atoms. The second-order valence-electron chi connectivity index (χ2n) is 3.69. The average molecular weight is 289 g/mol. The standard InChI is InChI=1S/C11H10Cl2N2OS/c1-6-7(2)17-11(16)15(6)5-8-4-14-10(13)3-9(8)12/h3-4H,5H2,1-2H3. The monoisotopic (exact) mass is 288 g/mol. The van der Waals surface area contributed by atoms with E-state index in [2.05, 4.69) is 4.98 Å². The molecule has 0 N–H and O–H groups in total. The van der Waals surface area contributed by atoms with E-state index in [0.717, 1.165) is 16.1 Å². The molecule has 17 heavy (non-hydrogen) atoms. The first-order valence-corrected chi connectivity index (χ1v) is 6.53. The van der Waals surface area contributed by atoms with E-state index >= 15 is 0 Å². The Bertz CT molecular complexity index is 618.